The van der Waals surface area contributed by atoms with Crippen LogP contribution >= 0.6 is 0 Å². The molecule has 36 heavy (non-hydrogen) atoms. The van der Waals surface area contributed by atoms with Gasteiger partial charge < -0.3 is 10.2 Å². The lowest BCUT2D eigenvalue weighted by molar-refractivity contribution is 0.275. The van der Waals surface area contributed by atoms with Crippen LogP contribution in [0.2, 0.25) is 0 Å². The molecule has 0 spiro atoms. The second kappa shape index (κ2) is 9.67. The normalized spacial score (nSPS) is 18.1. The summed E-state index contributed by atoms with van der Waals surface area (Å²) in [6, 6.07) is 9.07. The van der Waals surface area contributed by atoms with Gasteiger partial charge in [0.2, 0.25) is 0 Å². The van der Waals surface area contributed by atoms with Crippen LogP contribution in [0.15, 0.2) is 48.9 Å². The van der Waals surface area contributed by atoms with Gasteiger partial charge in [0, 0.05) is 50.5 Å². The molecule has 4 heterocycles. The van der Waals surface area contributed by atoms with Crippen LogP contribution in [0.3, 0.4) is 0 Å². The first-order chi connectivity index (χ1) is 17.2. The number of hydrogen-bond donors (Lipinski definition) is 1. The number of anilines is 1. The zero-order chi connectivity index (χ0) is 25.4. The summed E-state index contributed by atoms with van der Waals surface area (Å²) in [6.07, 6.45) is 7.60. The van der Waals surface area contributed by atoms with Gasteiger partial charge in [0.1, 0.15) is 11.5 Å². The molecule has 8 nitrogen and oxygen atoms in total. The number of halogens is 1. The number of sulfone groups is 1. The van der Waals surface area contributed by atoms with E-state index in [1.165, 1.54) is 11.6 Å². The van der Waals surface area contributed by atoms with E-state index in [2.05, 4.69) is 27.6 Å². The third-order valence-corrected chi connectivity index (χ3v) is 9.11. The molecule has 5 rings (SSSR count). The third-order valence-electron chi connectivity index (χ3n) is 6.98. The van der Waals surface area contributed by atoms with Crippen LogP contribution < -0.4 is 5.32 Å². The van der Waals surface area contributed by atoms with Crippen molar-refractivity contribution in [3.05, 3.63) is 60.3 Å². The van der Waals surface area contributed by atoms with Crippen molar-refractivity contribution >= 4 is 26.6 Å². The summed E-state index contributed by atoms with van der Waals surface area (Å²) in [6.45, 7) is 3.83. The number of aryl methyl sites for hydroxylation is 2. The molecule has 3 aromatic heterocycles. The van der Waals surface area contributed by atoms with Crippen LogP contribution in [-0.2, 0) is 23.3 Å². The van der Waals surface area contributed by atoms with Gasteiger partial charge in [-0.15, -0.1) is 0 Å². The molecular formula is C26H31FN6O2S. The van der Waals surface area contributed by atoms with Crippen molar-refractivity contribution in [2.75, 3.05) is 37.8 Å². The first-order valence-electron chi connectivity index (χ1n) is 12.2. The number of rotatable bonds is 7. The van der Waals surface area contributed by atoms with E-state index in [1.54, 1.807) is 30.9 Å². The SMILES string of the molecule is CNc1ccc(-c2ccc3c(CCCN4CCS(=O)(=O)C(C)C4)cn(-c4cnn(C)c4)c3n2)cc1F. The number of aromatic nitrogens is 4. The van der Waals surface area contributed by atoms with E-state index in [0.717, 1.165) is 36.1 Å². The maximum Gasteiger partial charge on any atom is 0.155 e. The summed E-state index contributed by atoms with van der Waals surface area (Å²) in [7, 11) is 0.621. The van der Waals surface area contributed by atoms with E-state index >= 15 is 0 Å². The Kier molecular flexibility index (Phi) is 6.57. The summed E-state index contributed by atoms with van der Waals surface area (Å²) < 4.78 is 42.2. The molecule has 1 aliphatic rings. The predicted molar refractivity (Wildman–Crippen MR) is 141 cm³/mol. The van der Waals surface area contributed by atoms with Crippen molar-refractivity contribution in [2.24, 2.45) is 7.05 Å². The van der Waals surface area contributed by atoms with Crippen molar-refractivity contribution in [3.63, 3.8) is 0 Å². The van der Waals surface area contributed by atoms with Crippen molar-refractivity contribution in [1.29, 1.82) is 0 Å². The quantitative estimate of drug-likeness (QED) is 0.409. The van der Waals surface area contributed by atoms with Crippen molar-refractivity contribution < 1.29 is 12.8 Å². The van der Waals surface area contributed by atoms with Gasteiger partial charge in [0.05, 0.1) is 34.3 Å². The number of hydrogen-bond acceptors (Lipinski definition) is 6. The maximum atomic E-state index is 14.4. The summed E-state index contributed by atoms with van der Waals surface area (Å²) in [5.41, 5.74) is 4.73. The van der Waals surface area contributed by atoms with Crippen LogP contribution in [0.1, 0.15) is 18.9 Å². The molecule has 1 N–H and O–H groups in total. The molecular weight excluding hydrogens is 479 g/mol. The maximum absolute atomic E-state index is 14.4. The first-order valence-corrected chi connectivity index (χ1v) is 13.9. The minimum Gasteiger partial charge on any atom is -0.386 e. The zero-order valence-electron chi connectivity index (χ0n) is 20.8. The van der Waals surface area contributed by atoms with E-state index in [0.29, 0.717) is 30.0 Å². The summed E-state index contributed by atoms with van der Waals surface area (Å²) >= 11 is 0. The van der Waals surface area contributed by atoms with Crippen molar-refractivity contribution in [1.82, 2.24) is 24.2 Å². The predicted octanol–water partition coefficient (Wildman–Crippen LogP) is 3.66. The third kappa shape index (κ3) is 4.75. The topological polar surface area (TPSA) is 85.0 Å². The Hall–Kier alpha value is -3.24. The van der Waals surface area contributed by atoms with E-state index < -0.39 is 9.84 Å². The van der Waals surface area contributed by atoms with Crippen LogP contribution in [0.4, 0.5) is 10.1 Å². The standard InChI is InChI=1S/C26H31FN6O2S/c1-18-15-32(11-12-36(18,34)35)10-4-5-20-16-33(21-14-29-31(3)17-21)26-22(20)7-9-24(30-26)19-6-8-25(28-2)23(27)13-19/h6-9,13-14,16-18,28H,4-5,10-12,15H2,1-3H3. The van der Waals surface area contributed by atoms with Gasteiger partial charge in [-0.3, -0.25) is 9.25 Å². The molecule has 0 radical (unpaired) electrons. The first kappa shape index (κ1) is 24.5. The second-order valence-corrected chi connectivity index (χ2v) is 12.0. The summed E-state index contributed by atoms with van der Waals surface area (Å²) in [5, 5.41) is 7.90. The average Bonchev–Trinajstić information content (AvgIpc) is 3.44. The molecule has 1 aromatic carbocycles. The lowest BCUT2D eigenvalue weighted by atomic mass is 10.1. The molecule has 1 aliphatic heterocycles. The molecule has 1 atom stereocenters. The molecule has 0 saturated carbocycles. The molecule has 10 heteroatoms. The molecule has 1 saturated heterocycles. The van der Waals surface area contributed by atoms with Crippen LogP contribution in [0, 0.1) is 5.82 Å². The molecule has 1 fully saturated rings. The number of fused-ring (bicyclic) bond motifs is 1. The zero-order valence-corrected chi connectivity index (χ0v) is 21.6. The minimum absolute atomic E-state index is 0.233. The Morgan fingerprint density at radius 3 is 2.72 bits per heavy atom. The lowest BCUT2D eigenvalue weighted by Gasteiger charge is -2.30. The van der Waals surface area contributed by atoms with E-state index in [4.69, 9.17) is 4.98 Å². The molecule has 4 aromatic rings. The molecule has 0 aliphatic carbocycles. The van der Waals surface area contributed by atoms with E-state index in [9.17, 15) is 12.8 Å². The lowest BCUT2D eigenvalue weighted by Crippen LogP contribution is -2.45. The summed E-state index contributed by atoms with van der Waals surface area (Å²) in [5.74, 6) is -0.0862. The number of pyridine rings is 1. The van der Waals surface area contributed by atoms with Gasteiger partial charge >= 0.3 is 0 Å². The molecule has 0 bridgehead atoms. The minimum atomic E-state index is -2.95. The van der Waals surface area contributed by atoms with Crippen molar-refractivity contribution in [3.8, 4) is 16.9 Å². The Labute approximate surface area is 210 Å². The van der Waals surface area contributed by atoms with E-state index in [1.807, 2.05) is 29.9 Å². The highest BCUT2D eigenvalue weighted by molar-refractivity contribution is 7.92. The van der Waals surface area contributed by atoms with Crippen LogP contribution in [0.25, 0.3) is 28.0 Å². The fourth-order valence-electron chi connectivity index (χ4n) is 4.86. The Morgan fingerprint density at radius 2 is 2.03 bits per heavy atom. The largest absolute Gasteiger partial charge is 0.386 e. The van der Waals surface area contributed by atoms with Gasteiger partial charge in [0.25, 0.3) is 0 Å². The highest BCUT2D eigenvalue weighted by Crippen LogP contribution is 2.29. The highest BCUT2D eigenvalue weighted by Gasteiger charge is 2.28. The molecule has 190 valence electrons. The van der Waals surface area contributed by atoms with Gasteiger partial charge in [-0.2, -0.15) is 5.10 Å². The fourth-order valence-corrected chi connectivity index (χ4v) is 6.21. The van der Waals surface area contributed by atoms with Crippen LogP contribution in [-0.4, -0.2) is 70.3 Å². The summed E-state index contributed by atoms with van der Waals surface area (Å²) in [4.78, 5) is 7.18. The van der Waals surface area contributed by atoms with Crippen molar-refractivity contribution in [2.45, 2.75) is 25.0 Å². The number of nitrogens with one attached hydrogen (secondary N) is 1. The highest BCUT2D eigenvalue weighted by atomic mass is 32.2. The Morgan fingerprint density at radius 1 is 1.19 bits per heavy atom. The van der Waals surface area contributed by atoms with Crippen LogP contribution in [0.5, 0.6) is 0 Å². The molecule has 0 amide bonds. The second-order valence-electron chi connectivity index (χ2n) is 9.49. The average molecular weight is 511 g/mol. The van der Waals surface area contributed by atoms with Gasteiger partial charge in [0.15, 0.2) is 9.84 Å². The van der Waals surface area contributed by atoms with Gasteiger partial charge in [-0.25, -0.2) is 17.8 Å². The number of benzene rings is 1. The Bertz CT molecular complexity index is 1510. The van der Waals surface area contributed by atoms with E-state index in [-0.39, 0.29) is 16.8 Å². The fraction of sp³-hybridized carbons (Fsp3) is 0.385. The Balaban J connectivity index is 1.43. The number of nitrogens with zero attached hydrogens (tertiary/aromatic N) is 5. The monoisotopic (exact) mass is 510 g/mol. The van der Waals surface area contributed by atoms with Gasteiger partial charge in [-0.1, -0.05) is 6.07 Å². The van der Waals surface area contributed by atoms with Gasteiger partial charge in [-0.05, 0) is 56.1 Å². The smallest absolute Gasteiger partial charge is 0.155 e. The molecule has 1 unspecified atom stereocenters.